The Morgan fingerprint density at radius 3 is 2.65 bits per heavy atom. The lowest BCUT2D eigenvalue weighted by Gasteiger charge is -2.70. The third kappa shape index (κ3) is 4.25. The SMILES string of the molecule is O=C(CC12CC(n3cc(-c4ccc(OC(F)(F)F)c(F)c4)cn3)(C1)C2)[C@@H]1C[C@@H](O)c2cc(Cl)ccc2O1. The monoisotopic (exact) mass is 536 g/mol. The molecule has 0 spiro atoms. The van der Waals surface area contributed by atoms with Crippen LogP contribution in [0, 0.1) is 11.2 Å². The minimum Gasteiger partial charge on any atom is -0.482 e. The van der Waals surface area contributed by atoms with E-state index in [1.165, 1.54) is 12.3 Å². The van der Waals surface area contributed by atoms with E-state index in [0.717, 1.165) is 31.4 Å². The van der Waals surface area contributed by atoms with E-state index in [9.17, 15) is 27.5 Å². The standard InChI is InChI=1S/C26H21ClF4N2O4/c27-16-2-4-21-17(6-16)19(34)7-23(36-21)20(35)8-24-11-25(12-24,13-24)33-10-15(9-32-33)14-1-3-22(18(28)5-14)37-26(29,30)31/h1-6,9-10,19,23,34H,7-8,11-13H2/t19-,23+,24?,25?/m1/s1. The molecule has 2 bridgehead atoms. The fraction of sp³-hybridized carbons (Fsp3) is 0.385. The summed E-state index contributed by atoms with van der Waals surface area (Å²) in [7, 11) is 0. The number of hydrogen-bond donors (Lipinski definition) is 1. The van der Waals surface area contributed by atoms with Crippen molar-refractivity contribution < 1.29 is 36.9 Å². The molecule has 0 unspecified atom stereocenters. The Kier molecular flexibility index (Phi) is 5.37. The van der Waals surface area contributed by atoms with Gasteiger partial charge in [-0.3, -0.25) is 9.48 Å². The van der Waals surface area contributed by atoms with Crippen LogP contribution in [0.1, 0.15) is 43.8 Å². The van der Waals surface area contributed by atoms with E-state index in [4.69, 9.17) is 16.3 Å². The smallest absolute Gasteiger partial charge is 0.482 e. The molecule has 1 aromatic heterocycles. The minimum absolute atomic E-state index is 0.0502. The zero-order valence-corrected chi connectivity index (χ0v) is 20.0. The average molecular weight is 537 g/mol. The first-order valence-corrected chi connectivity index (χ1v) is 12.1. The Balaban J connectivity index is 1.09. The van der Waals surface area contributed by atoms with E-state index in [0.29, 0.717) is 33.9 Å². The summed E-state index contributed by atoms with van der Waals surface area (Å²) in [4.78, 5) is 13.0. The van der Waals surface area contributed by atoms with Gasteiger partial charge in [-0.15, -0.1) is 13.2 Å². The third-order valence-electron chi connectivity index (χ3n) is 7.62. The van der Waals surface area contributed by atoms with Crippen LogP contribution in [0.15, 0.2) is 48.8 Å². The molecular formula is C26H21ClF4N2O4. The van der Waals surface area contributed by atoms with Crippen molar-refractivity contribution in [1.29, 1.82) is 0 Å². The highest BCUT2D eigenvalue weighted by molar-refractivity contribution is 6.30. The molecule has 0 amide bonds. The van der Waals surface area contributed by atoms with Gasteiger partial charge in [-0.05, 0) is 60.6 Å². The lowest BCUT2D eigenvalue weighted by molar-refractivity contribution is -0.275. The van der Waals surface area contributed by atoms with Crippen molar-refractivity contribution in [2.24, 2.45) is 5.41 Å². The maximum Gasteiger partial charge on any atom is 0.573 e. The van der Waals surface area contributed by atoms with Crippen molar-refractivity contribution in [3.8, 4) is 22.6 Å². The second kappa shape index (κ2) is 8.19. The normalized spacial score (nSPS) is 27.9. The summed E-state index contributed by atoms with van der Waals surface area (Å²) in [5.74, 6) is -1.59. The predicted octanol–water partition coefficient (Wildman–Crippen LogP) is 5.96. The molecule has 194 valence electrons. The number of alkyl halides is 3. The van der Waals surface area contributed by atoms with Crippen molar-refractivity contribution in [2.45, 2.75) is 56.2 Å². The van der Waals surface area contributed by atoms with Gasteiger partial charge in [-0.2, -0.15) is 5.10 Å². The van der Waals surface area contributed by atoms with Crippen molar-refractivity contribution >= 4 is 17.4 Å². The number of carbonyl (C=O) groups is 1. The zero-order chi connectivity index (χ0) is 26.2. The van der Waals surface area contributed by atoms with Gasteiger partial charge in [0.05, 0.1) is 17.8 Å². The van der Waals surface area contributed by atoms with Crippen LogP contribution < -0.4 is 9.47 Å². The molecule has 0 radical (unpaired) electrons. The largest absolute Gasteiger partial charge is 0.573 e. The number of halogens is 5. The Morgan fingerprint density at radius 2 is 1.95 bits per heavy atom. The summed E-state index contributed by atoms with van der Waals surface area (Å²) in [6, 6.07) is 8.23. The number of rotatable bonds is 6. The van der Waals surface area contributed by atoms with Crippen LogP contribution in [-0.4, -0.2) is 33.1 Å². The minimum atomic E-state index is -4.98. The van der Waals surface area contributed by atoms with Crippen molar-refractivity contribution in [3.63, 3.8) is 0 Å². The number of hydrogen-bond acceptors (Lipinski definition) is 5. The number of Topliss-reactive ketones (excluding diaryl/α,β-unsaturated/α-hetero) is 1. The van der Waals surface area contributed by atoms with Gasteiger partial charge in [0.1, 0.15) is 5.75 Å². The van der Waals surface area contributed by atoms with E-state index in [-0.39, 0.29) is 23.2 Å². The highest BCUT2D eigenvalue weighted by atomic mass is 35.5. The molecule has 37 heavy (non-hydrogen) atoms. The Labute approximate surface area is 213 Å². The van der Waals surface area contributed by atoms with Crippen LogP contribution in [0.5, 0.6) is 11.5 Å². The second-order valence-corrected chi connectivity index (χ2v) is 10.7. The first-order valence-electron chi connectivity index (χ1n) is 11.7. The molecule has 3 aliphatic carbocycles. The van der Waals surface area contributed by atoms with Crippen LogP contribution in [-0.2, 0) is 10.3 Å². The highest BCUT2D eigenvalue weighted by Crippen LogP contribution is 2.73. The molecule has 3 fully saturated rings. The Morgan fingerprint density at radius 1 is 1.19 bits per heavy atom. The number of fused-ring (bicyclic) bond motifs is 1. The Hall–Kier alpha value is -3.11. The molecule has 7 rings (SSSR count). The van der Waals surface area contributed by atoms with Gasteiger partial charge in [-0.1, -0.05) is 17.7 Å². The van der Waals surface area contributed by atoms with Gasteiger partial charge in [0, 0.05) is 35.2 Å². The number of ketones is 1. The lowest BCUT2D eigenvalue weighted by atomic mass is 9.38. The molecule has 6 nitrogen and oxygen atoms in total. The summed E-state index contributed by atoms with van der Waals surface area (Å²) in [6.45, 7) is 0. The summed E-state index contributed by atoms with van der Waals surface area (Å²) in [6.07, 6.45) is -0.458. The molecule has 3 aromatic rings. The number of nitrogens with zero attached hydrogens (tertiary/aromatic N) is 2. The van der Waals surface area contributed by atoms with E-state index in [1.54, 1.807) is 29.1 Å². The van der Waals surface area contributed by atoms with Crippen molar-refractivity contribution in [1.82, 2.24) is 9.78 Å². The molecule has 1 aliphatic heterocycles. The van der Waals surface area contributed by atoms with E-state index >= 15 is 0 Å². The number of ether oxygens (including phenoxy) is 2. The number of aromatic nitrogens is 2. The first kappa shape index (κ1) is 24.2. The van der Waals surface area contributed by atoms with Gasteiger partial charge in [0.15, 0.2) is 23.5 Å². The van der Waals surface area contributed by atoms with Gasteiger partial charge in [0.25, 0.3) is 0 Å². The van der Waals surface area contributed by atoms with Gasteiger partial charge in [0.2, 0.25) is 0 Å². The molecule has 2 aromatic carbocycles. The summed E-state index contributed by atoms with van der Waals surface area (Å²) in [5, 5.41) is 15.4. The number of carbonyl (C=O) groups excluding carboxylic acids is 1. The predicted molar refractivity (Wildman–Crippen MR) is 124 cm³/mol. The second-order valence-electron chi connectivity index (χ2n) is 10.3. The molecule has 0 saturated heterocycles. The zero-order valence-electron chi connectivity index (χ0n) is 19.3. The number of aliphatic hydroxyl groups excluding tert-OH is 1. The van der Waals surface area contributed by atoms with E-state index in [1.807, 2.05) is 0 Å². The fourth-order valence-electron chi connectivity index (χ4n) is 6.09. The first-order chi connectivity index (χ1) is 17.4. The van der Waals surface area contributed by atoms with Gasteiger partial charge in [-0.25, -0.2) is 4.39 Å². The number of benzene rings is 2. The van der Waals surface area contributed by atoms with Crippen molar-refractivity contribution in [3.05, 3.63) is 65.2 Å². The fourth-order valence-corrected chi connectivity index (χ4v) is 6.27. The van der Waals surface area contributed by atoms with Gasteiger partial charge >= 0.3 is 6.36 Å². The lowest BCUT2D eigenvalue weighted by Crippen LogP contribution is -2.68. The van der Waals surface area contributed by atoms with Crippen molar-refractivity contribution in [2.75, 3.05) is 0 Å². The quantitative estimate of drug-likeness (QED) is 0.393. The Bertz CT molecular complexity index is 1390. The molecular weight excluding hydrogens is 516 g/mol. The molecule has 4 aliphatic rings. The topological polar surface area (TPSA) is 73.6 Å². The van der Waals surface area contributed by atoms with Crippen LogP contribution in [0.25, 0.3) is 11.1 Å². The van der Waals surface area contributed by atoms with Crippen LogP contribution in [0.2, 0.25) is 5.02 Å². The van der Waals surface area contributed by atoms with Crippen LogP contribution in [0.3, 0.4) is 0 Å². The van der Waals surface area contributed by atoms with Crippen LogP contribution >= 0.6 is 11.6 Å². The van der Waals surface area contributed by atoms with Gasteiger partial charge < -0.3 is 14.6 Å². The average Bonchev–Trinajstić information content (AvgIpc) is 3.26. The maximum absolute atomic E-state index is 14.1. The summed E-state index contributed by atoms with van der Waals surface area (Å²) >= 11 is 5.99. The summed E-state index contributed by atoms with van der Waals surface area (Å²) < 4.78 is 62.6. The maximum atomic E-state index is 14.1. The molecule has 2 heterocycles. The summed E-state index contributed by atoms with van der Waals surface area (Å²) in [5.41, 5.74) is 1.16. The third-order valence-corrected chi connectivity index (χ3v) is 7.85. The highest BCUT2D eigenvalue weighted by Gasteiger charge is 2.69. The van der Waals surface area contributed by atoms with E-state index in [2.05, 4.69) is 9.84 Å². The number of aliphatic hydroxyl groups is 1. The van der Waals surface area contributed by atoms with Crippen LogP contribution in [0.4, 0.5) is 17.6 Å². The van der Waals surface area contributed by atoms with E-state index < -0.39 is 30.1 Å². The molecule has 3 saturated carbocycles. The molecule has 2 atom stereocenters. The molecule has 1 N–H and O–H groups in total. The molecule has 11 heteroatoms.